The summed E-state index contributed by atoms with van der Waals surface area (Å²) < 4.78 is 30.1. The van der Waals surface area contributed by atoms with Gasteiger partial charge < -0.3 is 19.5 Å². The molecule has 2 aromatic carbocycles. The number of hydrogen-bond donors (Lipinski definition) is 1. The Kier molecular flexibility index (Phi) is 7.80. The van der Waals surface area contributed by atoms with Crippen LogP contribution in [0.15, 0.2) is 54.6 Å². The number of carbonyl (C=O) groups excluding carboxylic acids is 2. The van der Waals surface area contributed by atoms with Crippen LogP contribution in [0.25, 0.3) is 0 Å². The minimum absolute atomic E-state index is 0.378. The molecule has 2 aromatic rings. The van der Waals surface area contributed by atoms with E-state index in [0.717, 1.165) is 0 Å². The number of hydrogen-bond acceptors (Lipinski definition) is 5. The molecule has 162 valence electrons. The maximum absolute atomic E-state index is 13.4. The number of amides is 1. The molecule has 6 nitrogen and oxygen atoms in total. The number of alkyl carbamates (subject to hydrolysis) is 1. The van der Waals surface area contributed by atoms with E-state index in [1.54, 1.807) is 52.0 Å². The highest BCUT2D eigenvalue weighted by atomic mass is 19.1. The molecule has 0 aliphatic heterocycles. The zero-order chi connectivity index (χ0) is 22.3. The van der Waals surface area contributed by atoms with Gasteiger partial charge in [-0.3, -0.25) is 0 Å². The molecular formula is C23H28FNO5. The molecule has 3 atom stereocenters. The number of rotatable bonds is 7. The molecule has 0 aromatic heterocycles. The highest BCUT2D eigenvalue weighted by Crippen LogP contribution is 2.27. The van der Waals surface area contributed by atoms with Crippen LogP contribution in [0.3, 0.4) is 0 Å². The molecule has 2 rings (SSSR count). The summed E-state index contributed by atoms with van der Waals surface area (Å²) >= 11 is 0. The van der Waals surface area contributed by atoms with E-state index < -0.39 is 35.9 Å². The lowest BCUT2D eigenvalue weighted by Gasteiger charge is -2.27. The van der Waals surface area contributed by atoms with Crippen molar-refractivity contribution in [2.75, 3.05) is 0 Å². The van der Waals surface area contributed by atoms with Crippen LogP contribution < -0.4 is 10.1 Å². The van der Waals surface area contributed by atoms with E-state index in [2.05, 4.69) is 5.32 Å². The molecule has 0 bridgehead atoms. The molecule has 0 spiro atoms. The number of carbonyl (C=O) groups is 2. The van der Waals surface area contributed by atoms with Gasteiger partial charge >= 0.3 is 12.1 Å². The van der Waals surface area contributed by atoms with Crippen LogP contribution in [0.4, 0.5) is 9.18 Å². The number of esters is 1. The summed E-state index contributed by atoms with van der Waals surface area (Å²) in [5.41, 5.74) is -0.0358. The SMILES string of the molecule is C[C@H](NC(=O)OC(C)(C)C)C(=O)O[C@@H](C)[C@H](Oc1ccccc1)c1ccc(F)cc1. The van der Waals surface area contributed by atoms with E-state index in [-0.39, 0.29) is 5.82 Å². The number of nitrogens with one attached hydrogen (secondary N) is 1. The first-order valence-electron chi connectivity index (χ1n) is 9.72. The minimum atomic E-state index is -0.923. The van der Waals surface area contributed by atoms with Crippen LogP contribution in [-0.4, -0.2) is 29.8 Å². The first kappa shape index (κ1) is 23.2. The van der Waals surface area contributed by atoms with Gasteiger partial charge in [-0.25, -0.2) is 14.0 Å². The molecule has 0 saturated carbocycles. The van der Waals surface area contributed by atoms with Crippen molar-refractivity contribution in [2.45, 2.75) is 58.5 Å². The highest BCUT2D eigenvalue weighted by Gasteiger charge is 2.28. The first-order chi connectivity index (χ1) is 14.0. The van der Waals surface area contributed by atoms with Crippen LogP contribution in [0.5, 0.6) is 5.75 Å². The van der Waals surface area contributed by atoms with E-state index in [0.29, 0.717) is 11.3 Å². The zero-order valence-electron chi connectivity index (χ0n) is 17.8. The number of ether oxygens (including phenoxy) is 3. The largest absolute Gasteiger partial charge is 0.482 e. The van der Waals surface area contributed by atoms with Crippen LogP contribution in [0.1, 0.15) is 46.3 Å². The highest BCUT2D eigenvalue weighted by molar-refractivity contribution is 5.81. The number of halogens is 1. The first-order valence-corrected chi connectivity index (χ1v) is 9.72. The predicted molar refractivity (Wildman–Crippen MR) is 111 cm³/mol. The lowest BCUT2D eigenvalue weighted by molar-refractivity contribution is -0.155. The normalized spacial score (nSPS) is 14.2. The van der Waals surface area contributed by atoms with Gasteiger partial charge in [0.05, 0.1) is 0 Å². The fraction of sp³-hybridized carbons (Fsp3) is 0.391. The van der Waals surface area contributed by atoms with Crippen molar-refractivity contribution in [2.24, 2.45) is 0 Å². The predicted octanol–water partition coefficient (Wildman–Crippen LogP) is 4.79. The van der Waals surface area contributed by atoms with Gasteiger partial charge in [-0.1, -0.05) is 30.3 Å². The van der Waals surface area contributed by atoms with E-state index in [4.69, 9.17) is 14.2 Å². The summed E-state index contributed by atoms with van der Waals surface area (Å²) in [6.07, 6.45) is -2.10. The van der Waals surface area contributed by atoms with E-state index in [9.17, 15) is 14.0 Å². The van der Waals surface area contributed by atoms with Crippen molar-refractivity contribution < 1.29 is 28.2 Å². The Hall–Kier alpha value is -3.09. The Labute approximate surface area is 176 Å². The Morgan fingerprint density at radius 1 is 0.967 bits per heavy atom. The Morgan fingerprint density at radius 3 is 2.13 bits per heavy atom. The third kappa shape index (κ3) is 7.39. The molecule has 0 heterocycles. The molecule has 0 radical (unpaired) electrons. The Morgan fingerprint density at radius 2 is 1.57 bits per heavy atom. The van der Waals surface area contributed by atoms with Crippen molar-refractivity contribution in [3.8, 4) is 5.75 Å². The molecule has 1 amide bonds. The third-order valence-electron chi connectivity index (χ3n) is 4.02. The van der Waals surface area contributed by atoms with Gasteiger partial charge in [-0.05, 0) is 64.4 Å². The lowest BCUT2D eigenvalue weighted by Crippen LogP contribution is -2.43. The van der Waals surface area contributed by atoms with Gasteiger partial charge in [0.2, 0.25) is 0 Å². The Bertz CT molecular complexity index is 833. The van der Waals surface area contributed by atoms with Gasteiger partial charge in [0.15, 0.2) is 6.10 Å². The van der Waals surface area contributed by atoms with Crippen molar-refractivity contribution in [1.82, 2.24) is 5.32 Å². The third-order valence-corrected chi connectivity index (χ3v) is 4.02. The summed E-state index contributed by atoms with van der Waals surface area (Å²) in [5.74, 6) is -0.441. The van der Waals surface area contributed by atoms with Crippen LogP contribution in [0, 0.1) is 5.82 Å². The average molecular weight is 417 g/mol. The molecule has 30 heavy (non-hydrogen) atoms. The molecule has 1 N–H and O–H groups in total. The summed E-state index contributed by atoms with van der Waals surface area (Å²) in [6.45, 7) is 8.36. The molecule has 0 aliphatic rings. The van der Waals surface area contributed by atoms with E-state index in [1.807, 2.05) is 18.2 Å². The van der Waals surface area contributed by atoms with Crippen LogP contribution >= 0.6 is 0 Å². The van der Waals surface area contributed by atoms with Gasteiger partial charge in [-0.15, -0.1) is 0 Å². The topological polar surface area (TPSA) is 73.9 Å². The molecule has 7 heteroatoms. The lowest BCUT2D eigenvalue weighted by atomic mass is 10.0. The van der Waals surface area contributed by atoms with Gasteiger partial charge in [0.1, 0.15) is 29.3 Å². The van der Waals surface area contributed by atoms with Gasteiger partial charge in [0, 0.05) is 0 Å². The van der Waals surface area contributed by atoms with E-state index in [1.165, 1.54) is 19.1 Å². The minimum Gasteiger partial charge on any atom is -0.482 e. The molecule has 0 fully saturated rings. The standard InChI is InChI=1S/C23H28FNO5/c1-15(25-22(27)30-23(3,4)5)21(26)28-16(2)20(17-11-13-18(24)14-12-17)29-19-9-7-6-8-10-19/h6-16,20H,1-5H3,(H,25,27)/t15-,16-,20-/m0/s1. The van der Waals surface area contributed by atoms with Crippen LogP contribution in [-0.2, 0) is 14.3 Å². The van der Waals surface area contributed by atoms with Crippen molar-refractivity contribution in [1.29, 1.82) is 0 Å². The quantitative estimate of drug-likeness (QED) is 0.656. The molecule has 0 aliphatic carbocycles. The second-order valence-corrected chi connectivity index (χ2v) is 7.91. The number of para-hydroxylation sites is 1. The summed E-state index contributed by atoms with van der Waals surface area (Å²) in [6, 6.07) is 13.9. The smallest absolute Gasteiger partial charge is 0.408 e. The van der Waals surface area contributed by atoms with Crippen molar-refractivity contribution >= 4 is 12.1 Å². The van der Waals surface area contributed by atoms with Gasteiger partial charge in [-0.2, -0.15) is 0 Å². The van der Waals surface area contributed by atoms with Crippen molar-refractivity contribution in [3.05, 3.63) is 66.0 Å². The molecule has 0 unspecified atom stereocenters. The second-order valence-electron chi connectivity index (χ2n) is 7.91. The van der Waals surface area contributed by atoms with Crippen LogP contribution in [0.2, 0.25) is 0 Å². The molecular weight excluding hydrogens is 389 g/mol. The summed E-state index contributed by atoms with van der Waals surface area (Å²) in [4.78, 5) is 24.4. The Balaban J connectivity index is 2.09. The van der Waals surface area contributed by atoms with Gasteiger partial charge in [0.25, 0.3) is 0 Å². The number of benzene rings is 2. The zero-order valence-corrected chi connectivity index (χ0v) is 17.8. The van der Waals surface area contributed by atoms with Crippen molar-refractivity contribution in [3.63, 3.8) is 0 Å². The average Bonchev–Trinajstić information content (AvgIpc) is 2.66. The summed E-state index contributed by atoms with van der Waals surface area (Å²) in [7, 11) is 0. The second kappa shape index (κ2) is 10.1. The molecule has 0 saturated heterocycles. The van der Waals surface area contributed by atoms with E-state index >= 15 is 0 Å². The maximum atomic E-state index is 13.4. The fourth-order valence-corrected chi connectivity index (χ4v) is 2.62. The summed E-state index contributed by atoms with van der Waals surface area (Å²) in [5, 5.41) is 2.45. The monoisotopic (exact) mass is 417 g/mol. The fourth-order valence-electron chi connectivity index (χ4n) is 2.62. The maximum Gasteiger partial charge on any atom is 0.408 e.